The third-order valence-electron chi connectivity index (χ3n) is 5.49. The Morgan fingerprint density at radius 3 is 2.55 bits per heavy atom. The van der Waals surface area contributed by atoms with Crippen molar-refractivity contribution in [1.82, 2.24) is 14.5 Å². The first-order valence-electron chi connectivity index (χ1n) is 10.3. The maximum atomic E-state index is 13.1. The number of pyridine rings is 1. The van der Waals surface area contributed by atoms with Crippen LogP contribution in [0, 0.1) is 0 Å². The smallest absolute Gasteiger partial charge is 0.348 e. The summed E-state index contributed by atoms with van der Waals surface area (Å²) in [6.45, 7) is 8.47. The summed E-state index contributed by atoms with van der Waals surface area (Å²) >= 11 is 0. The van der Waals surface area contributed by atoms with Crippen LogP contribution in [0.3, 0.4) is 0 Å². The van der Waals surface area contributed by atoms with E-state index in [0.717, 1.165) is 22.0 Å². The van der Waals surface area contributed by atoms with Gasteiger partial charge in [0, 0.05) is 28.9 Å². The van der Waals surface area contributed by atoms with Crippen LogP contribution in [-0.4, -0.2) is 19.6 Å². The molecule has 0 bridgehead atoms. The van der Waals surface area contributed by atoms with E-state index in [-0.39, 0.29) is 11.4 Å². The summed E-state index contributed by atoms with van der Waals surface area (Å²) in [6.07, 6.45) is 5.65. The number of fused-ring (bicyclic) bond motifs is 1. The Labute approximate surface area is 181 Å². The monoisotopic (exact) mass is 411 g/mol. The van der Waals surface area contributed by atoms with Gasteiger partial charge in [0.1, 0.15) is 5.75 Å². The predicted molar refractivity (Wildman–Crippen MR) is 124 cm³/mol. The zero-order valence-corrected chi connectivity index (χ0v) is 17.7. The fourth-order valence-electron chi connectivity index (χ4n) is 3.84. The third-order valence-corrected chi connectivity index (χ3v) is 5.49. The summed E-state index contributed by atoms with van der Waals surface area (Å²) in [7, 11) is 0. The van der Waals surface area contributed by atoms with Gasteiger partial charge in [0.15, 0.2) is 0 Å². The highest BCUT2D eigenvalue weighted by Gasteiger charge is 2.18. The molecule has 0 aliphatic carbocycles. The van der Waals surface area contributed by atoms with Gasteiger partial charge in [-0.2, -0.15) is 4.98 Å². The SMILES string of the molecule is C=CCc1c(O)ccc2c1c(-c1ccc(C(C)C)cc1)nc(=O)n2Cc1cccnc1. The molecule has 4 rings (SSSR count). The second-order valence-electron chi connectivity index (χ2n) is 7.92. The Morgan fingerprint density at radius 2 is 1.90 bits per heavy atom. The molecular formula is C26H25N3O2. The fourth-order valence-corrected chi connectivity index (χ4v) is 3.84. The Hall–Kier alpha value is -3.73. The van der Waals surface area contributed by atoms with Gasteiger partial charge in [0.2, 0.25) is 0 Å². The molecule has 0 spiro atoms. The number of rotatable bonds is 6. The zero-order valence-electron chi connectivity index (χ0n) is 17.7. The number of allylic oxidation sites excluding steroid dienone is 1. The lowest BCUT2D eigenvalue weighted by Gasteiger charge is -2.17. The molecule has 2 aromatic heterocycles. The third kappa shape index (κ3) is 3.99. The minimum absolute atomic E-state index is 0.167. The summed E-state index contributed by atoms with van der Waals surface area (Å²) < 4.78 is 1.63. The van der Waals surface area contributed by atoms with Gasteiger partial charge in [-0.1, -0.05) is 50.3 Å². The summed E-state index contributed by atoms with van der Waals surface area (Å²) in [5.41, 5.74) is 4.63. The van der Waals surface area contributed by atoms with Gasteiger partial charge in [-0.15, -0.1) is 6.58 Å². The second kappa shape index (κ2) is 8.56. The van der Waals surface area contributed by atoms with E-state index in [1.54, 1.807) is 35.2 Å². The highest BCUT2D eigenvalue weighted by Crippen LogP contribution is 2.34. The number of hydrogen-bond acceptors (Lipinski definition) is 4. The van der Waals surface area contributed by atoms with Gasteiger partial charge in [-0.25, -0.2) is 4.79 Å². The highest BCUT2D eigenvalue weighted by atomic mass is 16.3. The quantitative estimate of drug-likeness (QED) is 0.450. The van der Waals surface area contributed by atoms with Crippen molar-refractivity contribution < 1.29 is 5.11 Å². The van der Waals surface area contributed by atoms with Crippen LogP contribution in [0.5, 0.6) is 5.75 Å². The van der Waals surface area contributed by atoms with Gasteiger partial charge in [0.25, 0.3) is 0 Å². The molecule has 2 heterocycles. The largest absolute Gasteiger partial charge is 0.508 e. The van der Waals surface area contributed by atoms with E-state index in [4.69, 9.17) is 0 Å². The molecule has 2 aromatic carbocycles. The molecule has 0 unspecified atom stereocenters. The van der Waals surface area contributed by atoms with E-state index in [0.29, 0.717) is 30.1 Å². The van der Waals surface area contributed by atoms with E-state index in [9.17, 15) is 9.90 Å². The van der Waals surface area contributed by atoms with Crippen LogP contribution in [0.15, 0.2) is 78.4 Å². The summed E-state index contributed by atoms with van der Waals surface area (Å²) in [5, 5.41) is 11.4. The molecule has 0 fully saturated rings. The van der Waals surface area contributed by atoms with Gasteiger partial charge in [-0.3, -0.25) is 9.55 Å². The normalized spacial score (nSPS) is 11.2. The van der Waals surface area contributed by atoms with Crippen molar-refractivity contribution in [2.75, 3.05) is 0 Å². The van der Waals surface area contributed by atoms with Crippen molar-refractivity contribution in [3.63, 3.8) is 0 Å². The molecule has 0 atom stereocenters. The first-order valence-corrected chi connectivity index (χ1v) is 10.3. The Bertz CT molecular complexity index is 1290. The van der Waals surface area contributed by atoms with Gasteiger partial charge in [-0.05, 0) is 41.7 Å². The lowest BCUT2D eigenvalue weighted by Crippen LogP contribution is -2.25. The first kappa shape index (κ1) is 20.5. The number of phenolic OH excluding ortho intramolecular Hbond substituents is 1. The summed E-state index contributed by atoms with van der Waals surface area (Å²) in [6, 6.07) is 15.3. The van der Waals surface area contributed by atoms with Crippen molar-refractivity contribution >= 4 is 10.9 Å². The van der Waals surface area contributed by atoms with Crippen LogP contribution >= 0.6 is 0 Å². The topological polar surface area (TPSA) is 68.0 Å². The molecule has 1 N–H and O–H groups in total. The molecular weight excluding hydrogens is 386 g/mol. The average Bonchev–Trinajstić information content (AvgIpc) is 2.78. The number of aromatic nitrogens is 3. The molecule has 0 amide bonds. The fraction of sp³-hybridized carbons (Fsp3) is 0.192. The summed E-state index contributed by atoms with van der Waals surface area (Å²) in [5.74, 6) is 0.576. The molecule has 5 heteroatoms. The van der Waals surface area contributed by atoms with E-state index < -0.39 is 0 Å². The lowest BCUT2D eigenvalue weighted by molar-refractivity contribution is 0.470. The number of phenols is 1. The average molecular weight is 412 g/mol. The van der Waals surface area contributed by atoms with Crippen molar-refractivity contribution in [2.24, 2.45) is 0 Å². The van der Waals surface area contributed by atoms with Crippen LogP contribution < -0.4 is 5.69 Å². The first-order chi connectivity index (χ1) is 15.0. The Kier molecular flexibility index (Phi) is 5.67. The maximum Gasteiger partial charge on any atom is 0.348 e. The van der Waals surface area contributed by atoms with Crippen LogP contribution in [0.2, 0.25) is 0 Å². The molecule has 5 nitrogen and oxygen atoms in total. The molecule has 0 saturated heterocycles. The second-order valence-corrected chi connectivity index (χ2v) is 7.92. The van der Waals surface area contributed by atoms with E-state index in [1.807, 2.05) is 24.3 Å². The number of nitrogens with zero attached hydrogens (tertiary/aromatic N) is 3. The van der Waals surface area contributed by atoms with Crippen molar-refractivity contribution in [1.29, 1.82) is 0 Å². The van der Waals surface area contributed by atoms with Crippen LogP contribution in [0.1, 0.15) is 36.5 Å². The molecule has 0 aliphatic heterocycles. The highest BCUT2D eigenvalue weighted by molar-refractivity contribution is 5.96. The standard InChI is InChI=1S/C26H25N3O2/c1-4-6-21-23(30)13-12-22-24(21)25(20-10-8-19(9-11-20)17(2)3)28-26(31)29(22)16-18-7-5-14-27-15-18/h4-5,7-15,17,30H,1,6,16H2,2-3H3. The molecule has 156 valence electrons. The minimum atomic E-state index is -0.338. The van der Waals surface area contributed by atoms with Crippen LogP contribution in [0.25, 0.3) is 22.2 Å². The Morgan fingerprint density at radius 1 is 1.13 bits per heavy atom. The number of benzene rings is 2. The molecule has 0 saturated carbocycles. The van der Waals surface area contributed by atoms with Gasteiger partial charge < -0.3 is 5.11 Å². The Balaban J connectivity index is 2.00. The zero-order chi connectivity index (χ0) is 22.0. The van der Waals surface area contributed by atoms with Gasteiger partial charge in [0.05, 0.1) is 17.8 Å². The predicted octanol–water partition coefficient (Wildman–Crippen LogP) is 5.06. The number of hydrogen-bond donors (Lipinski definition) is 1. The van der Waals surface area contributed by atoms with Crippen molar-refractivity contribution in [3.8, 4) is 17.0 Å². The molecule has 4 aromatic rings. The van der Waals surface area contributed by atoms with Crippen LogP contribution in [-0.2, 0) is 13.0 Å². The molecule has 0 radical (unpaired) electrons. The van der Waals surface area contributed by atoms with E-state index in [2.05, 4.69) is 42.5 Å². The lowest BCUT2D eigenvalue weighted by atomic mass is 9.96. The number of aromatic hydroxyl groups is 1. The maximum absolute atomic E-state index is 13.1. The minimum Gasteiger partial charge on any atom is -0.508 e. The van der Waals surface area contributed by atoms with E-state index >= 15 is 0 Å². The van der Waals surface area contributed by atoms with Crippen LogP contribution in [0.4, 0.5) is 0 Å². The molecule has 0 aliphatic rings. The van der Waals surface area contributed by atoms with Gasteiger partial charge >= 0.3 is 5.69 Å². The van der Waals surface area contributed by atoms with Crippen molar-refractivity contribution in [2.45, 2.75) is 32.7 Å². The summed E-state index contributed by atoms with van der Waals surface area (Å²) in [4.78, 5) is 21.7. The molecule has 31 heavy (non-hydrogen) atoms. The van der Waals surface area contributed by atoms with Crippen molar-refractivity contribution in [3.05, 3.63) is 101 Å². The van der Waals surface area contributed by atoms with E-state index in [1.165, 1.54) is 5.56 Å².